The van der Waals surface area contributed by atoms with Gasteiger partial charge in [-0.3, -0.25) is 4.79 Å². The zero-order chi connectivity index (χ0) is 9.07. The molecule has 2 nitrogen and oxygen atoms in total. The molecule has 0 aromatic heterocycles. The highest BCUT2D eigenvalue weighted by atomic mass is 32.1. The first-order valence-corrected chi connectivity index (χ1v) is 3.92. The van der Waals surface area contributed by atoms with Crippen LogP contribution in [-0.4, -0.2) is 11.1 Å². The van der Waals surface area contributed by atoms with E-state index in [4.69, 9.17) is 0 Å². The zero-order valence-corrected chi connectivity index (χ0v) is 8.16. The van der Waals surface area contributed by atoms with Crippen molar-refractivity contribution in [3.8, 4) is 0 Å². The standard InChI is InChI=1S/C8H13NOS/c1-6(8(2,3)4)7(10)9-5-11/h6H,1-4H3. The summed E-state index contributed by atoms with van der Waals surface area (Å²) < 4.78 is 0. The number of thiocarbonyl (C=S) groups is 1. The normalized spacial score (nSPS) is 13.5. The Bertz CT molecular complexity index is 199. The minimum atomic E-state index is -0.187. The number of amides is 1. The average molecular weight is 171 g/mol. The lowest BCUT2D eigenvalue weighted by Gasteiger charge is -2.23. The summed E-state index contributed by atoms with van der Waals surface area (Å²) in [6.45, 7) is 7.83. The van der Waals surface area contributed by atoms with Crippen molar-refractivity contribution in [3.05, 3.63) is 0 Å². The van der Waals surface area contributed by atoms with Crippen LogP contribution in [0.3, 0.4) is 0 Å². The molecule has 0 spiro atoms. The van der Waals surface area contributed by atoms with Crippen molar-refractivity contribution in [2.24, 2.45) is 16.3 Å². The molecular weight excluding hydrogens is 158 g/mol. The van der Waals surface area contributed by atoms with Gasteiger partial charge in [-0.25, -0.2) is 0 Å². The Morgan fingerprint density at radius 1 is 1.55 bits per heavy atom. The highest BCUT2D eigenvalue weighted by Gasteiger charge is 2.26. The van der Waals surface area contributed by atoms with Crippen LogP contribution >= 0.6 is 12.2 Å². The van der Waals surface area contributed by atoms with Crippen molar-refractivity contribution in [1.82, 2.24) is 0 Å². The van der Waals surface area contributed by atoms with Gasteiger partial charge in [-0.05, 0) is 17.6 Å². The van der Waals surface area contributed by atoms with Gasteiger partial charge in [-0.15, -0.1) is 0 Å². The molecule has 0 N–H and O–H groups in total. The molecule has 3 heteroatoms. The smallest absolute Gasteiger partial charge is 0.257 e. The fraction of sp³-hybridized carbons (Fsp3) is 0.750. The molecule has 62 valence electrons. The lowest BCUT2D eigenvalue weighted by atomic mass is 9.82. The minimum absolute atomic E-state index is 0.0488. The second-order valence-electron chi connectivity index (χ2n) is 3.63. The lowest BCUT2D eigenvalue weighted by Crippen LogP contribution is -2.24. The van der Waals surface area contributed by atoms with Crippen LogP contribution in [0.4, 0.5) is 0 Å². The molecule has 1 unspecified atom stereocenters. The lowest BCUT2D eigenvalue weighted by molar-refractivity contribution is -0.123. The number of hydrogen-bond donors (Lipinski definition) is 0. The Morgan fingerprint density at radius 2 is 2.00 bits per heavy atom. The third kappa shape index (κ3) is 3.40. The van der Waals surface area contributed by atoms with Crippen molar-refractivity contribution >= 4 is 23.3 Å². The molecule has 1 amide bonds. The maximum atomic E-state index is 11.1. The van der Waals surface area contributed by atoms with E-state index < -0.39 is 0 Å². The van der Waals surface area contributed by atoms with Gasteiger partial charge in [0.05, 0.1) is 5.16 Å². The maximum absolute atomic E-state index is 11.1. The van der Waals surface area contributed by atoms with E-state index in [9.17, 15) is 4.79 Å². The Hall–Kier alpha value is -0.530. The van der Waals surface area contributed by atoms with Gasteiger partial charge in [0.2, 0.25) is 0 Å². The Labute approximate surface area is 72.7 Å². The van der Waals surface area contributed by atoms with E-state index in [0.29, 0.717) is 0 Å². The molecule has 0 aliphatic rings. The van der Waals surface area contributed by atoms with Gasteiger partial charge in [-0.2, -0.15) is 4.99 Å². The van der Waals surface area contributed by atoms with E-state index in [1.165, 1.54) is 0 Å². The second-order valence-corrected chi connectivity index (χ2v) is 3.81. The van der Waals surface area contributed by atoms with Gasteiger partial charge in [-0.1, -0.05) is 27.7 Å². The molecule has 0 aromatic carbocycles. The highest BCUT2D eigenvalue weighted by Crippen LogP contribution is 2.25. The number of hydrogen-bond acceptors (Lipinski definition) is 2. The SMILES string of the molecule is CC(C(=O)N=C=S)C(C)(C)C. The van der Waals surface area contributed by atoms with Crippen LogP contribution in [0.5, 0.6) is 0 Å². The van der Waals surface area contributed by atoms with Crippen LogP contribution in [-0.2, 0) is 4.79 Å². The molecule has 0 saturated heterocycles. The summed E-state index contributed by atoms with van der Waals surface area (Å²) in [6.07, 6.45) is 0. The number of carbonyl (C=O) groups is 1. The molecule has 0 radical (unpaired) electrons. The quantitative estimate of drug-likeness (QED) is 0.447. The topological polar surface area (TPSA) is 29.4 Å². The molecule has 11 heavy (non-hydrogen) atoms. The van der Waals surface area contributed by atoms with E-state index in [1.807, 2.05) is 27.7 Å². The number of isothiocyanates is 1. The monoisotopic (exact) mass is 171 g/mol. The highest BCUT2D eigenvalue weighted by molar-refractivity contribution is 7.78. The second kappa shape index (κ2) is 3.74. The largest absolute Gasteiger partial charge is 0.272 e. The molecule has 1 atom stereocenters. The van der Waals surface area contributed by atoms with Crippen molar-refractivity contribution in [2.45, 2.75) is 27.7 Å². The molecule has 0 aliphatic carbocycles. The van der Waals surface area contributed by atoms with Crippen molar-refractivity contribution in [2.75, 3.05) is 0 Å². The zero-order valence-electron chi connectivity index (χ0n) is 7.34. The van der Waals surface area contributed by atoms with E-state index in [-0.39, 0.29) is 17.2 Å². The van der Waals surface area contributed by atoms with Gasteiger partial charge in [0.1, 0.15) is 0 Å². The first-order valence-electron chi connectivity index (χ1n) is 3.51. The summed E-state index contributed by atoms with van der Waals surface area (Å²) >= 11 is 4.33. The summed E-state index contributed by atoms with van der Waals surface area (Å²) in [5.74, 6) is -0.287. The minimum Gasteiger partial charge on any atom is -0.272 e. The van der Waals surface area contributed by atoms with Gasteiger partial charge < -0.3 is 0 Å². The van der Waals surface area contributed by atoms with Crippen LogP contribution in [0.25, 0.3) is 0 Å². The van der Waals surface area contributed by atoms with Crippen LogP contribution in [0, 0.1) is 11.3 Å². The molecular formula is C8H13NOS. The van der Waals surface area contributed by atoms with Crippen molar-refractivity contribution < 1.29 is 4.79 Å². The third-order valence-corrected chi connectivity index (χ3v) is 1.92. The summed E-state index contributed by atoms with van der Waals surface area (Å²) in [5, 5.41) is 2.08. The van der Waals surface area contributed by atoms with E-state index in [1.54, 1.807) is 0 Å². The van der Waals surface area contributed by atoms with Crippen molar-refractivity contribution in [1.29, 1.82) is 0 Å². The van der Waals surface area contributed by atoms with Crippen LogP contribution in [0.2, 0.25) is 0 Å². The Balaban J connectivity index is 4.37. The first-order chi connectivity index (χ1) is 4.89. The molecule has 0 aliphatic heterocycles. The number of carbonyl (C=O) groups excluding carboxylic acids is 1. The van der Waals surface area contributed by atoms with Gasteiger partial charge in [0, 0.05) is 5.92 Å². The van der Waals surface area contributed by atoms with Gasteiger partial charge >= 0.3 is 0 Å². The molecule has 0 saturated carbocycles. The van der Waals surface area contributed by atoms with Crippen LogP contribution in [0.15, 0.2) is 4.99 Å². The molecule has 0 heterocycles. The van der Waals surface area contributed by atoms with E-state index >= 15 is 0 Å². The molecule has 0 rings (SSSR count). The van der Waals surface area contributed by atoms with Crippen molar-refractivity contribution in [3.63, 3.8) is 0 Å². The summed E-state index contributed by atoms with van der Waals surface area (Å²) in [4.78, 5) is 14.5. The van der Waals surface area contributed by atoms with Gasteiger partial charge in [0.15, 0.2) is 0 Å². The fourth-order valence-corrected chi connectivity index (χ4v) is 0.602. The molecule has 0 fully saturated rings. The third-order valence-electron chi connectivity index (χ3n) is 1.83. The maximum Gasteiger partial charge on any atom is 0.257 e. The molecule has 0 bridgehead atoms. The predicted octanol–water partition coefficient (Wildman–Crippen LogP) is 2.30. The number of aliphatic imine (C=N–C) groups is 1. The fourth-order valence-electron chi connectivity index (χ4n) is 0.512. The average Bonchev–Trinajstić information content (AvgIpc) is 1.85. The van der Waals surface area contributed by atoms with E-state index in [0.717, 1.165) is 0 Å². The summed E-state index contributed by atoms with van der Waals surface area (Å²) in [6, 6.07) is 0. The Morgan fingerprint density at radius 3 is 2.27 bits per heavy atom. The predicted molar refractivity (Wildman–Crippen MR) is 48.7 cm³/mol. The number of nitrogens with zero attached hydrogens (tertiary/aromatic N) is 1. The first kappa shape index (κ1) is 10.5. The Kier molecular flexibility index (Phi) is 3.56. The summed E-state index contributed by atoms with van der Waals surface area (Å²) in [7, 11) is 0. The number of rotatable bonds is 1. The van der Waals surface area contributed by atoms with Gasteiger partial charge in [0.25, 0.3) is 5.91 Å². The van der Waals surface area contributed by atoms with Crippen LogP contribution < -0.4 is 0 Å². The molecule has 0 aromatic rings. The van der Waals surface area contributed by atoms with Crippen LogP contribution in [0.1, 0.15) is 27.7 Å². The van der Waals surface area contributed by atoms with E-state index in [2.05, 4.69) is 22.4 Å². The summed E-state index contributed by atoms with van der Waals surface area (Å²) in [5.41, 5.74) is -0.0488.